The molecule has 0 saturated carbocycles. The first-order valence-electron chi connectivity index (χ1n) is 5.09. The average molecular weight is 206 g/mol. The highest BCUT2D eigenvalue weighted by Gasteiger charge is 2.07. The summed E-state index contributed by atoms with van der Waals surface area (Å²) in [6.07, 6.45) is 0.784. The molecule has 1 aromatic carbocycles. The summed E-state index contributed by atoms with van der Waals surface area (Å²) in [4.78, 5) is 11.5. The fraction of sp³-hybridized carbons (Fsp3) is 0.364. The third-order valence-electron chi connectivity index (χ3n) is 2.46. The fourth-order valence-corrected chi connectivity index (χ4v) is 1.72. The fourth-order valence-electron chi connectivity index (χ4n) is 1.72. The van der Waals surface area contributed by atoms with Crippen molar-refractivity contribution in [3.63, 3.8) is 0 Å². The average Bonchev–Trinajstić information content (AvgIpc) is 2.56. The number of aryl methyl sites for hydroxylation is 1. The Bertz CT molecular complexity index is 525. The highest BCUT2D eigenvalue weighted by Crippen LogP contribution is 2.13. The molecule has 4 heteroatoms. The molecule has 2 rings (SSSR count). The lowest BCUT2D eigenvalue weighted by molar-refractivity contribution is 0.270. The Morgan fingerprint density at radius 3 is 2.93 bits per heavy atom. The maximum absolute atomic E-state index is 11.5. The summed E-state index contributed by atoms with van der Waals surface area (Å²) in [7, 11) is 0. The first-order valence-corrected chi connectivity index (χ1v) is 5.09. The summed E-state index contributed by atoms with van der Waals surface area (Å²) < 4.78 is 6.68. The molecule has 0 radical (unpaired) electrons. The summed E-state index contributed by atoms with van der Waals surface area (Å²) >= 11 is 0. The van der Waals surface area contributed by atoms with Crippen LogP contribution in [-0.4, -0.2) is 11.3 Å². The van der Waals surface area contributed by atoms with Crippen molar-refractivity contribution in [3.8, 4) is 0 Å². The van der Waals surface area contributed by atoms with Gasteiger partial charge in [-0.3, -0.25) is 0 Å². The molecule has 0 aliphatic heterocycles. The molecule has 0 saturated heterocycles. The number of hydrogen-bond donors (Lipinski definition) is 1. The molecular weight excluding hydrogens is 192 g/mol. The zero-order valence-corrected chi connectivity index (χ0v) is 8.69. The highest BCUT2D eigenvalue weighted by atomic mass is 16.5. The van der Waals surface area contributed by atoms with Gasteiger partial charge in [-0.1, -0.05) is 6.07 Å². The van der Waals surface area contributed by atoms with Crippen LogP contribution in [0, 0.1) is 0 Å². The molecule has 0 bridgehead atoms. The predicted molar refractivity (Wildman–Crippen MR) is 58.9 cm³/mol. The molecule has 0 aliphatic rings. The van der Waals surface area contributed by atoms with E-state index >= 15 is 0 Å². The summed E-state index contributed by atoms with van der Waals surface area (Å²) in [5.74, 6) is 0. The van der Waals surface area contributed by atoms with E-state index in [1.807, 2.05) is 25.1 Å². The van der Waals surface area contributed by atoms with E-state index in [0.29, 0.717) is 18.5 Å². The summed E-state index contributed by atoms with van der Waals surface area (Å²) in [6.45, 7) is 3.19. The van der Waals surface area contributed by atoms with Crippen LogP contribution in [0.15, 0.2) is 27.5 Å². The molecule has 2 N–H and O–H groups in total. The SMILES string of the molecule is CCn1oc(=O)c2cc(CCN)ccc21. The Labute approximate surface area is 87.2 Å². The zero-order chi connectivity index (χ0) is 10.8. The van der Waals surface area contributed by atoms with Gasteiger partial charge in [0.1, 0.15) is 0 Å². The van der Waals surface area contributed by atoms with Crippen molar-refractivity contribution in [1.29, 1.82) is 0 Å². The normalized spacial score (nSPS) is 11.1. The van der Waals surface area contributed by atoms with Crippen molar-refractivity contribution in [2.75, 3.05) is 6.54 Å². The van der Waals surface area contributed by atoms with E-state index < -0.39 is 0 Å². The lowest BCUT2D eigenvalue weighted by Gasteiger charge is -1.99. The Morgan fingerprint density at radius 2 is 2.27 bits per heavy atom. The largest absolute Gasteiger partial charge is 0.365 e. The van der Waals surface area contributed by atoms with Gasteiger partial charge in [0.15, 0.2) is 0 Å². The van der Waals surface area contributed by atoms with Crippen molar-refractivity contribution < 1.29 is 4.52 Å². The molecule has 1 heterocycles. The van der Waals surface area contributed by atoms with Crippen molar-refractivity contribution in [2.24, 2.45) is 5.73 Å². The Hall–Kier alpha value is -1.55. The van der Waals surface area contributed by atoms with Gasteiger partial charge in [-0.2, -0.15) is 0 Å². The van der Waals surface area contributed by atoms with Gasteiger partial charge in [0, 0.05) is 0 Å². The van der Waals surface area contributed by atoms with Gasteiger partial charge >= 0.3 is 5.63 Å². The van der Waals surface area contributed by atoms with E-state index in [4.69, 9.17) is 10.3 Å². The number of nitrogens with two attached hydrogens (primary N) is 1. The van der Waals surface area contributed by atoms with Crippen molar-refractivity contribution >= 4 is 10.9 Å². The second-order valence-corrected chi connectivity index (χ2v) is 3.46. The number of rotatable bonds is 3. The van der Waals surface area contributed by atoms with Crippen LogP contribution in [0.25, 0.3) is 10.9 Å². The molecule has 80 valence electrons. The minimum atomic E-state index is -0.272. The van der Waals surface area contributed by atoms with Crippen LogP contribution in [0.2, 0.25) is 0 Å². The predicted octanol–water partition coefficient (Wildman–Crippen LogP) is 1.12. The van der Waals surface area contributed by atoms with Crippen LogP contribution in [0.3, 0.4) is 0 Å². The number of aromatic nitrogens is 1. The maximum atomic E-state index is 11.5. The molecule has 0 fully saturated rings. The second-order valence-electron chi connectivity index (χ2n) is 3.46. The van der Waals surface area contributed by atoms with Crippen LogP contribution in [0.1, 0.15) is 12.5 Å². The molecule has 0 aliphatic carbocycles. The van der Waals surface area contributed by atoms with Gasteiger partial charge in [-0.15, -0.1) is 0 Å². The van der Waals surface area contributed by atoms with Crippen molar-refractivity contribution in [1.82, 2.24) is 4.74 Å². The molecule has 0 unspecified atom stereocenters. The van der Waals surface area contributed by atoms with Crippen LogP contribution < -0.4 is 11.4 Å². The van der Waals surface area contributed by atoms with Gasteiger partial charge < -0.3 is 10.3 Å². The molecule has 2 aromatic rings. The summed E-state index contributed by atoms with van der Waals surface area (Å²) in [5, 5.41) is 0.641. The monoisotopic (exact) mass is 206 g/mol. The van der Waals surface area contributed by atoms with Gasteiger partial charge in [-0.25, -0.2) is 9.53 Å². The first-order chi connectivity index (χ1) is 7.26. The van der Waals surface area contributed by atoms with E-state index in [0.717, 1.165) is 17.5 Å². The van der Waals surface area contributed by atoms with Crippen LogP contribution in [0.4, 0.5) is 0 Å². The van der Waals surface area contributed by atoms with Gasteiger partial charge in [-0.05, 0) is 37.6 Å². The molecule has 0 spiro atoms. The molecular formula is C11H14N2O2. The number of nitrogens with zero attached hydrogens (tertiary/aromatic N) is 1. The van der Waals surface area contributed by atoms with Crippen molar-refractivity contribution in [2.45, 2.75) is 19.9 Å². The number of benzene rings is 1. The third-order valence-corrected chi connectivity index (χ3v) is 2.46. The first kappa shape index (κ1) is 9.98. The topological polar surface area (TPSA) is 61.2 Å². The van der Waals surface area contributed by atoms with E-state index in [-0.39, 0.29) is 5.63 Å². The van der Waals surface area contributed by atoms with E-state index in [2.05, 4.69) is 0 Å². The molecule has 0 amide bonds. The minimum absolute atomic E-state index is 0.272. The lowest BCUT2D eigenvalue weighted by Crippen LogP contribution is -2.03. The van der Waals surface area contributed by atoms with Gasteiger partial charge in [0.25, 0.3) is 0 Å². The number of fused-ring (bicyclic) bond motifs is 1. The van der Waals surface area contributed by atoms with E-state index in [9.17, 15) is 4.79 Å². The molecule has 4 nitrogen and oxygen atoms in total. The molecule has 15 heavy (non-hydrogen) atoms. The summed E-state index contributed by atoms with van der Waals surface area (Å²) in [6, 6.07) is 5.76. The van der Waals surface area contributed by atoms with E-state index in [1.165, 1.54) is 0 Å². The number of hydrogen-bond acceptors (Lipinski definition) is 3. The second kappa shape index (κ2) is 3.90. The molecule has 1 aromatic heterocycles. The van der Waals surface area contributed by atoms with Crippen LogP contribution in [-0.2, 0) is 13.0 Å². The Kier molecular flexibility index (Phi) is 2.60. The summed E-state index contributed by atoms with van der Waals surface area (Å²) in [5.41, 5.74) is 7.12. The molecule has 0 atom stereocenters. The maximum Gasteiger partial charge on any atom is 0.365 e. The van der Waals surface area contributed by atoms with Crippen molar-refractivity contribution in [3.05, 3.63) is 34.2 Å². The van der Waals surface area contributed by atoms with Crippen LogP contribution >= 0.6 is 0 Å². The zero-order valence-electron chi connectivity index (χ0n) is 8.69. The quantitative estimate of drug-likeness (QED) is 0.818. The highest BCUT2D eigenvalue weighted by molar-refractivity contribution is 5.78. The lowest BCUT2D eigenvalue weighted by atomic mass is 10.1. The Balaban J connectivity index is 2.61. The smallest absolute Gasteiger partial charge is 0.335 e. The standard InChI is InChI=1S/C11H14N2O2/c1-2-13-10-4-3-8(5-6-12)7-9(10)11(14)15-13/h3-4,7H,2,5-6,12H2,1H3. The van der Waals surface area contributed by atoms with Crippen LogP contribution in [0.5, 0.6) is 0 Å². The van der Waals surface area contributed by atoms with Gasteiger partial charge in [0.2, 0.25) is 0 Å². The Morgan fingerprint density at radius 1 is 1.47 bits per heavy atom. The third kappa shape index (κ3) is 1.68. The minimum Gasteiger partial charge on any atom is -0.335 e. The van der Waals surface area contributed by atoms with Gasteiger partial charge in [0.05, 0.1) is 17.4 Å². The van der Waals surface area contributed by atoms with E-state index in [1.54, 1.807) is 4.74 Å².